The van der Waals surface area contributed by atoms with E-state index in [1.165, 1.54) is 11.8 Å². The molecule has 3 aromatic rings. The van der Waals surface area contributed by atoms with Gasteiger partial charge in [0, 0.05) is 17.1 Å². The molecule has 0 aliphatic carbocycles. The van der Waals surface area contributed by atoms with E-state index in [-0.39, 0.29) is 6.61 Å². The average Bonchev–Trinajstić information content (AvgIpc) is 2.95. The molecule has 0 bridgehead atoms. The molecule has 0 radical (unpaired) electrons. The number of ether oxygens (including phenoxy) is 1. The van der Waals surface area contributed by atoms with Crippen LogP contribution in [0, 0.1) is 27.7 Å². The van der Waals surface area contributed by atoms with Gasteiger partial charge in [0.25, 0.3) is 5.78 Å². The lowest BCUT2D eigenvalue weighted by Crippen LogP contribution is -2.20. The van der Waals surface area contributed by atoms with Crippen LogP contribution in [0.4, 0.5) is 0 Å². The largest absolute Gasteiger partial charge is 0.490 e. The molecule has 2 heterocycles. The van der Waals surface area contributed by atoms with E-state index in [0.717, 1.165) is 28.3 Å². The Labute approximate surface area is 151 Å². The van der Waals surface area contributed by atoms with Crippen molar-refractivity contribution < 1.29 is 9.84 Å². The molecule has 0 unspecified atom stereocenters. The molecule has 0 saturated carbocycles. The van der Waals surface area contributed by atoms with Gasteiger partial charge in [-0.3, -0.25) is 0 Å². The fourth-order valence-electron chi connectivity index (χ4n) is 2.63. The Morgan fingerprint density at radius 2 is 1.88 bits per heavy atom. The predicted octanol–water partition coefficient (Wildman–Crippen LogP) is 2.89. The molecular weight excluding hydrogens is 336 g/mol. The summed E-state index contributed by atoms with van der Waals surface area (Å²) in [6.07, 6.45) is -0.605. The van der Waals surface area contributed by atoms with Crippen LogP contribution in [0.5, 0.6) is 5.75 Å². The molecule has 0 aliphatic heterocycles. The average molecular weight is 358 g/mol. The molecule has 0 fully saturated rings. The molecule has 0 amide bonds. The Hall–Kier alpha value is -2.12. The van der Waals surface area contributed by atoms with E-state index in [1.807, 2.05) is 52.0 Å². The van der Waals surface area contributed by atoms with Crippen molar-refractivity contribution in [3.05, 3.63) is 46.8 Å². The van der Waals surface area contributed by atoms with Crippen LogP contribution in [0.1, 0.15) is 22.5 Å². The topological polar surface area (TPSA) is 72.5 Å². The fourth-order valence-corrected chi connectivity index (χ4v) is 3.36. The van der Waals surface area contributed by atoms with Gasteiger partial charge < -0.3 is 9.84 Å². The number of nitrogens with zero attached hydrogens (tertiary/aromatic N) is 4. The third kappa shape index (κ3) is 4.11. The summed E-state index contributed by atoms with van der Waals surface area (Å²) in [4.78, 5) is 8.77. The van der Waals surface area contributed by atoms with Crippen molar-refractivity contribution in [2.24, 2.45) is 0 Å². The molecule has 7 heteroatoms. The van der Waals surface area contributed by atoms with E-state index in [2.05, 4.69) is 15.1 Å². The third-order valence-corrected chi connectivity index (χ3v) is 4.82. The van der Waals surface area contributed by atoms with Gasteiger partial charge in [0.1, 0.15) is 12.4 Å². The van der Waals surface area contributed by atoms with E-state index in [1.54, 1.807) is 4.52 Å². The second kappa shape index (κ2) is 7.41. The second-order valence-electron chi connectivity index (χ2n) is 6.14. The number of thioether (sulfide) groups is 1. The molecule has 3 rings (SSSR count). The molecule has 0 aliphatic rings. The van der Waals surface area contributed by atoms with Crippen LogP contribution in [0.15, 0.2) is 29.4 Å². The highest BCUT2D eigenvalue weighted by molar-refractivity contribution is 7.99. The summed E-state index contributed by atoms with van der Waals surface area (Å²) in [6.45, 7) is 8.15. The van der Waals surface area contributed by atoms with Crippen LogP contribution >= 0.6 is 11.8 Å². The fraction of sp³-hybridized carbons (Fsp3) is 0.389. The molecule has 6 nitrogen and oxygen atoms in total. The lowest BCUT2D eigenvalue weighted by Gasteiger charge is -2.14. The van der Waals surface area contributed by atoms with Gasteiger partial charge in [0.05, 0.1) is 6.10 Å². The number of aryl methyl sites for hydroxylation is 4. The molecule has 0 saturated heterocycles. The summed E-state index contributed by atoms with van der Waals surface area (Å²) in [6, 6.07) is 7.96. The van der Waals surface area contributed by atoms with Gasteiger partial charge in [-0.05, 0) is 44.9 Å². The summed E-state index contributed by atoms with van der Waals surface area (Å²) >= 11 is 1.40. The highest BCUT2D eigenvalue weighted by atomic mass is 32.2. The van der Waals surface area contributed by atoms with E-state index >= 15 is 0 Å². The molecule has 25 heavy (non-hydrogen) atoms. The Morgan fingerprint density at radius 1 is 1.16 bits per heavy atom. The Morgan fingerprint density at radius 3 is 2.60 bits per heavy atom. The van der Waals surface area contributed by atoms with Crippen molar-refractivity contribution in [3.63, 3.8) is 0 Å². The number of aliphatic hydroxyl groups is 1. The first kappa shape index (κ1) is 17.7. The zero-order valence-corrected chi connectivity index (χ0v) is 15.7. The zero-order chi connectivity index (χ0) is 18.0. The van der Waals surface area contributed by atoms with Gasteiger partial charge in [-0.25, -0.2) is 9.50 Å². The number of benzene rings is 1. The van der Waals surface area contributed by atoms with Gasteiger partial charge >= 0.3 is 0 Å². The molecule has 132 valence electrons. The summed E-state index contributed by atoms with van der Waals surface area (Å²) in [5.74, 6) is 1.88. The van der Waals surface area contributed by atoms with Crippen LogP contribution in [0.25, 0.3) is 5.78 Å². The van der Waals surface area contributed by atoms with E-state index < -0.39 is 6.10 Å². The smallest absolute Gasteiger partial charge is 0.253 e. The summed E-state index contributed by atoms with van der Waals surface area (Å²) in [5, 5.41) is 15.2. The second-order valence-corrected chi connectivity index (χ2v) is 7.13. The number of rotatable bonds is 6. The maximum absolute atomic E-state index is 10.2. The number of hydrogen-bond acceptors (Lipinski definition) is 6. The Bertz CT molecular complexity index is 874. The van der Waals surface area contributed by atoms with Gasteiger partial charge in [0.15, 0.2) is 0 Å². The SMILES string of the molecule is Cc1cc(C)n2nc(SC[C@@H](O)COc3c(C)cccc3C)nc2n1. The van der Waals surface area contributed by atoms with Crippen LogP contribution in [0.2, 0.25) is 0 Å². The Balaban J connectivity index is 1.59. The molecule has 1 N–H and O–H groups in total. The van der Waals surface area contributed by atoms with E-state index in [9.17, 15) is 5.11 Å². The van der Waals surface area contributed by atoms with Crippen molar-refractivity contribution in [1.29, 1.82) is 0 Å². The van der Waals surface area contributed by atoms with Crippen LogP contribution < -0.4 is 4.74 Å². The first-order valence-electron chi connectivity index (χ1n) is 8.15. The summed E-state index contributed by atoms with van der Waals surface area (Å²) < 4.78 is 7.51. The number of hydrogen-bond donors (Lipinski definition) is 1. The van der Waals surface area contributed by atoms with Gasteiger partial charge in [0.2, 0.25) is 5.16 Å². The monoisotopic (exact) mass is 358 g/mol. The molecular formula is C18H22N4O2S. The van der Waals surface area contributed by atoms with Crippen molar-refractivity contribution in [3.8, 4) is 5.75 Å². The minimum Gasteiger partial charge on any atom is -0.490 e. The minimum absolute atomic E-state index is 0.239. The molecule has 0 spiro atoms. The van der Waals surface area contributed by atoms with Gasteiger partial charge in [-0.1, -0.05) is 30.0 Å². The number of para-hydroxylation sites is 1. The highest BCUT2D eigenvalue weighted by Crippen LogP contribution is 2.23. The lowest BCUT2D eigenvalue weighted by atomic mass is 10.1. The standard InChI is InChI=1S/C18H22N4O2S/c1-11-6-5-7-12(2)16(11)24-9-15(23)10-25-18-20-17-19-13(3)8-14(4)22(17)21-18/h5-8,15,23H,9-10H2,1-4H3/t15-/m0/s1. The van der Waals surface area contributed by atoms with Crippen LogP contribution in [-0.4, -0.2) is 43.2 Å². The van der Waals surface area contributed by atoms with Crippen molar-refractivity contribution >= 4 is 17.5 Å². The third-order valence-electron chi connectivity index (χ3n) is 3.83. The maximum atomic E-state index is 10.2. The van der Waals surface area contributed by atoms with E-state index in [4.69, 9.17) is 4.74 Å². The van der Waals surface area contributed by atoms with Crippen LogP contribution in [-0.2, 0) is 0 Å². The Kier molecular flexibility index (Phi) is 5.24. The predicted molar refractivity (Wildman–Crippen MR) is 98.4 cm³/mol. The van der Waals surface area contributed by atoms with Gasteiger partial charge in [-0.15, -0.1) is 5.10 Å². The van der Waals surface area contributed by atoms with E-state index in [0.29, 0.717) is 16.7 Å². The quantitative estimate of drug-likeness (QED) is 0.683. The molecule has 2 aromatic heterocycles. The van der Waals surface area contributed by atoms with Gasteiger partial charge in [-0.2, -0.15) is 4.98 Å². The summed E-state index contributed by atoms with van der Waals surface area (Å²) in [5.41, 5.74) is 4.04. The zero-order valence-electron chi connectivity index (χ0n) is 14.9. The highest BCUT2D eigenvalue weighted by Gasteiger charge is 2.13. The number of aliphatic hydroxyl groups excluding tert-OH is 1. The number of fused-ring (bicyclic) bond motifs is 1. The van der Waals surface area contributed by atoms with Crippen molar-refractivity contribution in [2.75, 3.05) is 12.4 Å². The number of aromatic nitrogens is 4. The molecule has 1 aromatic carbocycles. The molecule has 1 atom stereocenters. The van der Waals surface area contributed by atoms with Crippen molar-refractivity contribution in [1.82, 2.24) is 19.6 Å². The minimum atomic E-state index is -0.605. The van der Waals surface area contributed by atoms with Crippen LogP contribution in [0.3, 0.4) is 0 Å². The first-order valence-corrected chi connectivity index (χ1v) is 9.13. The normalized spacial score (nSPS) is 12.5. The first-order chi connectivity index (χ1) is 11.9. The van der Waals surface area contributed by atoms with Crippen molar-refractivity contribution in [2.45, 2.75) is 39.0 Å². The lowest BCUT2D eigenvalue weighted by molar-refractivity contribution is 0.125. The maximum Gasteiger partial charge on any atom is 0.253 e. The summed E-state index contributed by atoms with van der Waals surface area (Å²) in [7, 11) is 0.